The number of aliphatic carboxylic acids is 1. The Balaban J connectivity index is 2.17. The van der Waals surface area contributed by atoms with Gasteiger partial charge in [0, 0.05) is 31.4 Å². The molecule has 0 unspecified atom stereocenters. The Labute approximate surface area is 282 Å². The molecule has 1 rings (SSSR count). The maximum absolute atomic E-state index is 12.7. The number of hydrogen-bond donors (Lipinski definition) is 3. The zero-order chi connectivity index (χ0) is 35.3. The van der Waals surface area contributed by atoms with Gasteiger partial charge in [-0.25, -0.2) is 4.79 Å². The van der Waals surface area contributed by atoms with Crippen LogP contribution in [-0.4, -0.2) is 52.1 Å². The van der Waals surface area contributed by atoms with Crippen LogP contribution in [0.25, 0.3) is 0 Å². The lowest BCUT2D eigenvalue weighted by Gasteiger charge is -2.24. The Bertz CT molecular complexity index is 1100. The van der Waals surface area contributed by atoms with Gasteiger partial charge in [-0.05, 0) is 78.5 Å². The first-order valence-corrected chi connectivity index (χ1v) is 17.4. The normalized spacial score (nSPS) is 12.2. The number of carboxylic acid groups (broad SMARTS) is 1. The fourth-order valence-corrected chi connectivity index (χ4v) is 4.91. The highest BCUT2D eigenvalue weighted by Gasteiger charge is 2.27. The van der Waals surface area contributed by atoms with Crippen molar-refractivity contribution in [3.8, 4) is 0 Å². The molecule has 0 radical (unpaired) electrons. The fourth-order valence-electron chi connectivity index (χ4n) is 4.91. The first kappa shape index (κ1) is 41.6. The van der Waals surface area contributed by atoms with Crippen molar-refractivity contribution in [2.24, 2.45) is 0 Å². The quantitative estimate of drug-likeness (QED) is 0.0812. The molecule has 0 heterocycles. The second-order valence-corrected chi connectivity index (χ2v) is 14.3. The highest BCUT2D eigenvalue weighted by atomic mass is 16.6. The van der Waals surface area contributed by atoms with E-state index in [0.717, 1.165) is 37.7 Å². The summed E-state index contributed by atoms with van der Waals surface area (Å²) in [6.07, 6.45) is 14.2. The van der Waals surface area contributed by atoms with Crippen molar-refractivity contribution in [3.63, 3.8) is 0 Å². The van der Waals surface area contributed by atoms with Crippen LogP contribution < -0.4 is 10.6 Å². The van der Waals surface area contributed by atoms with E-state index in [1.807, 2.05) is 20.8 Å². The molecule has 3 N–H and O–H groups in total. The van der Waals surface area contributed by atoms with E-state index in [-0.39, 0.29) is 24.7 Å². The molecule has 0 bridgehead atoms. The molecule has 0 aliphatic rings. The van der Waals surface area contributed by atoms with Gasteiger partial charge in [0.2, 0.25) is 5.91 Å². The van der Waals surface area contributed by atoms with Crippen molar-refractivity contribution in [1.29, 1.82) is 0 Å². The Morgan fingerprint density at radius 3 is 1.60 bits per heavy atom. The summed E-state index contributed by atoms with van der Waals surface area (Å²) in [4.78, 5) is 60.3. The van der Waals surface area contributed by atoms with E-state index in [1.54, 1.807) is 45.0 Å². The molecule has 0 saturated carbocycles. The fraction of sp³-hybridized carbons (Fsp3) is 0.703. The zero-order valence-electron chi connectivity index (χ0n) is 29.7. The molecule has 0 aliphatic heterocycles. The molecule has 0 aromatic heterocycles. The largest absolute Gasteiger partial charge is 0.481 e. The number of carbonyl (C=O) groups is 5. The molecule has 10 nitrogen and oxygen atoms in total. The lowest BCUT2D eigenvalue weighted by molar-refractivity contribution is -0.158. The van der Waals surface area contributed by atoms with E-state index in [1.165, 1.54) is 44.9 Å². The minimum atomic E-state index is -1.08. The van der Waals surface area contributed by atoms with Gasteiger partial charge < -0.3 is 25.2 Å². The third kappa shape index (κ3) is 22.7. The lowest BCUT2D eigenvalue weighted by atomic mass is 10.0. The number of hydrogen-bond acceptors (Lipinski definition) is 7. The van der Waals surface area contributed by atoms with Crippen molar-refractivity contribution < 1.29 is 38.6 Å². The highest BCUT2D eigenvalue weighted by Crippen LogP contribution is 2.15. The minimum absolute atomic E-state index is 0.00320. The maximum Gasteiger partial charge on any atom is 0.329 e. The average molecular weight is 661 g/mol. The number of unbranched alkanes of at least 4 members (excludes halogenated alkanes) is 11. The van der Waals surface area contributed by atoms with Crippen LogP contribution in [-0.2, 0) is 35.2 Å². The van der Waals surface area contributed by atoms with E-state index in [2.05, 4.69) is 10.6 Å². The smallest absolute Gasteiger partial charge is 0.329 e. The zero-order valence-corrected chi connectivity index (χ0v) is 29.7. The number of ether oxygens (including phenoxy) is 2. The molecular formula is C37H60N2O8. The summed E-state index contributed by atoms with van der Waals surface area (Å²) in [6.45, 7) is 11.1. The number of carbonyl (C=O) groups excluding carboxylic acids is 4. The average Bonchev–Trinajstić information content (AvgIpc) is 2.96. The summed E-state index contributed by atoms with van der Waals surface area (Å²) >= 11 is 0. The second kappa shape index (κ2) is 22.2. The van der Waals surface area contributed by atoms with E-state index in [9.17, 15) is 24.0 Å². The van der Waals surface area contributed by atoms with Crippen LogP contribution in [0, 0.1) is 0 Å². The lowest BCUT2D eigenvalue weighted by Crippen LogP contribution is -2.44. The van der Waals surface area contributed by atoms with Gasteiger partial charge in [0.15, 0.2) is 0 Å². The summed E-state index contributed by atoms with van der Waals surface area (Å²) in [5.41, 5.74) is -0.0210. The SMILES string of the molecule is CC(C)(C)OC(=O)CCCCCCCCCCCCCCC(=O)NCc1ccc(C(=O)N[C@@H](CCC(=O)O)C(=O)OC(C)(C)C)cc1. The van der Waals surface area contributed by atoms with Gasteiger partial charge in [-0.3, -0.25) is 19.2 Å². The van der Waals surface area contributed by atoms with Gasteiger partial charge in [0.05, 0.1) is 0 Å². The van der Waals surface area contributed by atoms with Crippen LogP contribution in [0.5, 0.6) is 0 Å². The molecule has 1 atom stereocenters. The minimum Gasteiger partial charge on any atom is -0.481 e. The molecule has 2 amide bonds. The van der Waals surface area contributed by atoms with E-state index < -0.39 is 35.1 Å². The predicted molar refractivity (Wildman–Crippen MR) is 183 cm³/mol. The Kier molecular flexibility index (Phi) is 19.6. The van der Waals surface area contributed by atoms with Crippen LogP contribution in [0.4, 0.5) is 0 Å². The topological polar surface area (TPSA) is 148 Å². The number of amides is 2. The number of rotatable bonds is 23. The third-order valence-corrected chi connectivity index (χ3v) is 7.30. The summed E-state index contributed by atoms with van der Waals surface area (Å²) < 4.78 is 10.7. The van der Waals surface area contributed by atoms with Gasteiger partial charge in [0.1, 0.15) is 17.2 Å². The van der Waals surface area contributed by atoms with Gasteiger partial charge in [-0.2, -0.15) is 0 Å². The van der Waals surface area contributed by atoms with Crippen molar-refractivity contribution in [2.45, 2.75) is 168 Å². The number of benzene rings is 1. The van der Waals surface area contributed by atoms with Gasteiger partial charge in [0.25, 0.3) is 5.91 Å². The Hall–Kier alpha value is -3.43. The van der Waals surface area contributed by atoms with E-state index >= 15 is 0 Å². The predicted octanol–water partition coefficient (Wildman–Crippen LogP) is 7.41. The van der Waals surface area contributed by atoms with Gasteiger partial charge >= 0.3 is 17.9 Å². The summed E-state index contributed by atoms with van der Waals surface area (Å²) in [7, 11) is 0. The van der Waals surface area contributed by atoms with Crippen LogP contribution in [0.3, 0.4) is 0 Å². The maximum atomic E-state index is 12.7. The third-order valence-electron chi connectivity index (χ3n) is 7.30. The van der Waals surface area contributed by atoms with Crippen molar-refractivity contribution in [1.82, 2.24) is 10.6 Å². The van der Waals surface area contributed by atoms with Crippen LogP contribution in [0.2, 0.25) is 0 Å². The number of nitrogens with one attached hydrogen (secondary N) is 2. The molecule has 47 heavy (non-hydrogen) atoms. The second-order valence-electron chi connectivity index (χ2n) is 14.3. The van der Waals surface area contributed by atoms with E-state index in [4.69, 9.17) is 14.6 Å². The Morgan fingerprint density at radius 1 is 0.660 bits per heavy atom. The van der Waals surface area contributed by atoms with Crippen LogP contribution >= 0.6 is 0 Å². The first-order chi connectivity index (χ1) is 22.1. The summed E-state index contributed by atoms with van der Waals surface area (Å²) in [5, 5.41) is 14.5. The molecule has 10 heteroatoms. The highest BCUT2D eigenvalue weighted by molar-refractivity contribution is 5.97. The molecule has 0 fully saturated rings. The van der Waals surface area contributed by atoms with Crippen molar-refractivity contribution in [3.05, 3.63) is 35.4 Å². The molecule has 0 aliphatic carbocycles. The molecule has 266 valence electrons. The summed E-state index contributed by atoms with van der Waals surface area (Å²) in [5.74, 6) is -2.36. The Morgan fingerprint density at radius 2 is 1.13 bits per heavy atom. The molecule has 0 spiro atoms. The van der Waals surface area contributed by atoms with Crippen molar-refractivity contribution in [2.75, 3.05) is 0 Å². The van der Waals surface area contributed by atoms with Crippen molar-refractivity contribution >= 4 is 29.7 Å². The van der Waals surface area contributed by atoms with Gasteiger partial charge in [-0.15, -0.1) is 0 Å². The van der Waals surface area contributed by atoms with E-state index in [0.29, 0.717) is 24.9 Å². The van der Waals surface area contributed by atoms with Crippen LogP contribution in [0.15, 0.2) is 24.3 Å². The van der Waals surface area contributed by atoms with Crippen LogP contribution in [0.1, 0.15) is 160 Å². The standard InChI is InChI=1S/C37H60N2O8/c1-36(2,3)46-33(43)20-18-16-14-12-10-8-7-9-11-13-15-17-19-31(40)38-27-28-21-23-29(24-22-28)34(44)39-30(25-26-32(41)42)35(45)47-37(4,5)6/h21-24,30H,7-20,25-27H2,1-6H3,(H,38,40)(H,39,44)(H,41,42)/t30-/m0/s1. The molecule has 1 aromatic rings. The van der Waals surface area contributed by atoms with Gasteiger partial charge in [-0.1, -0.05) is 76.3 Å². The number of esters is 2. The molecule has 0 saturated heterocycles. The number of carboxylic acids is 1. The first-order valence-electron chi connectivity index (χ1n) is 17.4. The summed E-state index contributed by atoms with van der Waals surface area (Å²) in [6, 6.07) is 5.61. The molecule has 1 aromatic carbocycles. The molecular weight excluding hydrogens is 600 g/mol. The monoisotopic (exact) mass is 660 g/mol.